The number of nitrogens with zero attached hydrogens (tertiary/aromatic N) is 2. The quantitative estimate of drug-likeness (QED) is 0.798. The Balaban J connectivity index is 0.00000225. The molecule has 1 saturated heterocycles. The molecular formula is C14H14ClF4N3O3. The van der Waals surface area contributed by atoms with Gasteiger partial charge in [0.25, 0.3) is 5.92 Å². The van der Waals surface area contributed by atoms with E-state index < -0.39 is 31.5 Å². The normalized spacial score (nSPS) is 18.9. The second kappa shape index (κ2) is 7.44. The van der Waals surface area contributed by atoms with Gasteiger partial charge in [-0.3, -0.25) is 5.32 Å². The van der Waals surface area contributed by atoms with E-state index in [1.54, 1.807) is 0 Å². The Hall–Kier alpha value is -2.07. The molecule has 0 spiro atoms. The number of methoxy groups -OCH3 is 1. The molecule has 1 aliphatic rings. The average Bonchev–Trinajstić information content (AvgIpc) is 3.13. The summed E-state index contributed by atoms with van der Waals surface area (Å²) in [5, 5.41) is 6.34. The Kier molecular flexibility index (Phi) is 5.73. The van der Waals surface area contributed by atoms with Gasteiger partial charge < -0.3 is 14.0 Å². The molecule has 0 saturated carbocycles. The van der Waals surface area contributed by atoms with E-state index in [9.17, 15) is 17.6 Å². The first-order chi connectivity index (χ1) is 11.4. The van der Waals surface area contributed by atoms with Crippen LogP contribution in [0.3, 0.4) is 0 Å². The van der Waals surface area contributed by atoms with Crippen molar-refractivity contribution in [1.82, 2.24) is 15.5 Å². The van der Waals surface area contributed by atoms with Crippen molar-refractivity contribution < 1.29 is 31.6 Å². The molecule has 1 aliphatic heterocycles. The predicted octanol–water partition coefficient (Wildman–Crippen LogP) is 3.44. The number of hydrogen-bond acceptors (Lipinski definition) is 6. The molecule has 2 aromatic rings. The highest BCUT2D eigenvalue weighted by molar-refractivity contribution is 5.85. The van der Waals surface area contributed by atoms with Crippen molar-refractivity contribution in [3.05, 3.63) is 24.1 Å². The van der Waals surface area contributed by atoms with Crippen LogP contribution in [-0.4, -0.2) is 36.3 Å². The first kappa shape index (κ1) is 19.3. The Morgan fingerprint density at radius 2 is 2.08 bits per heavy atom. The first-order valence-corrected chi connectivity index (χ1v) is 6.96. The average molecular weight is 384 g/mol. The summed E-state index contributed by atoms with van der Waals surface area (Å²) in [6.07, 6.45) is -0.431. The minimum Gasteiger partial charge on any atom is -0.493 e. The van der Waals surface area contributed by atoms with Crippen molar-refractivity contribution in [2.75, 3.05) is 13.7 Å². The van der Waals surface area contributed by atoms with Gasteiger partial charge in [-0.2, -0.15) is 13.8 Å². The Morgan fingerprint density at radius 1 is 1.32 bits per heavy atom. The van der Waals surface area contributed by atoms with Crippen LogP contribution in [-0.2, 0) is 0 Å². The molecule has 0 bridgehead atoms. The van der Waals surface area contributed by atoms with Crippen molar-refractivity contribution in [2.24, 2.45) is 0 Å². The molecule has 138 valence electrons. The third kappa shape index (κ3) is 4.31. The molecule has 0 amide bonds. The molecule has 1 N–H and O–H groups in total. The van der Waals surface area contributed by atoms with Gasteiger partial charge in [0.1, 0.15) is 0 Å². The summed E-state index contributed by atoms with van der Waals surface area (Å²) in [4.78, 5) is 4.08. The van der Waals surface area contributed by atoms with Crippen LogP contribution in [0.15, 0.2) is 22.7 Å². The third-order valence-electron chi connectivity index (χ3n) is 3.49. The summed E-state index contributed by atoms with van der Waals surface area (Å²) in [7, 11) is 1.30. The number of hydrogen-bond donors (Lipinski definition) is 1. The number of benzene rings is 1. The number of halogens is 5. The molecule has 3 rings (SSSR count). The summed E-state index contributed by atoms with van der Waals surface area (Å²) in [5.41, 5.74) is 0.410. The van der Waals surface area contributed by atoms with Gasteiger partial charge in [0.2, 0.25) is 11.7 Å². The van der Waals surface area contributed by atoms with Crippen molar-refractivity contribution in [3.63, 3.8) is 0 Å². The van der Waals surface area contributed by atoms with E-state index >= 15 is 0 Å². The van der Waals surface area contributed by atoms with Crippen LogP contribution in [0.4, 0.5) is 17.6 Å². The zero-order valence-electron chi connectivity index (χ0n) is 12.8. The summed E-state index contributed by atoms with van der Waals surface area (Å²) >= 11 is 0. The molecule has 11 heteroatoms. The Labute approximate surface area is 145 Å². The van der Waals surface area contributed by atoms with Crippen LogP contribution in [0.2, 0.25) is 0 Å². The fraction of sp³-hybridized carbons (Fsp3) is 0.429. The van der Waals surface area contributed by atoms with Gasteiger partial charge in [-0.25, -0.2) is 8.78 Å². The molecule has 1 atom stereocenters. The van der Waals surface area contributed by atoms with Crippen molar-refractivity contribution in [3.8, 4) is 22.9 Å². The smallest absolute Gasteiger partial charge is 0.387 e. The molecule has 6 nitrogen and oxygen atoms in total. The number of alkyl halides is 4. The van der Waals surface area contributed by atoms with E-state index in [4.69, 9.17) is 9.26 Å². The van der Waals surface area contributed by atoms with E-state index in [0.29, 0.717) is 5.56 Å². The maximum absolute atomic E-state index is 13.2. The van der Waals surface area contributed by atoms with Gasteiger partial charge in [-0.15, -0.1) is 12.4 Å². The van der Waals surface area contributed by atoms with Gasteiger partial charge in [-0.05, 0) is 18.2 Å². The second-order valence-corrected chi connectivity index (χ2v) is 5.19. The summed E-state index contributed by atoms with van der Waals surface area (Å²) in [5.74, 6) is -2.74. The topological polar surface area (TPSA) is 69.4 Å². The molecule has 1 fully saturated rings. The van der Waals surface area contributed by atoms with Gasteiger partial charge in [-0.1, -0.05) is 5.16 Å². The molecule has 25 heavy (non-hydrogen) atoms. The highest BCUT2D eigenvalue weighted by Gasteiger charge is 2.42. The van der Waals surface area contributed by atoms with Crippen LogP contribution in [0, 0.1) is 0 Å². The Morgan fingerprint density at radius 3 is 2.68 bits per heavy atom. The van der Waals surface area contributed by atoms with Gasteiger partial charge >= 0.3 is 6.61 Å². The fourth-order valence-corrected chi connectivity index (χ4v) is 2.38. The van der Waals surface area contributed by atoms with Crippen molar-refractivity contribution >= 4 is 12.4 Å². The lowest BCUT2D eigenvalue weighted by atomic mass is 10.2. The number of ether oxygens (including phenoxy) is 2. The summed E-state index contributed by atoms with van der Waals surface area (Å²) in [6, 6.07) is 3.37. The standard InChI is InChI=1S/C14H13F4N3O3.ClH/c1-22-10-4-7(2-3-9(10)23-13(15)16)11-20-12(24-21-11)8-5-14(17,18)6-19-8;/h2-4,8,13,19H,5-6H2,1H3;1H. The third-order valence-corrected chi connectivity index (χ3v) is 3.49. The van der Waals surface area contributed by atoms with Gasteiger partial charge in [0.15, 0.2) is 11.5 Å². The summed E-state index contributed by atoms with van der Waals surface area (Å²) < 4.78 is 65.4. The van der Waals surface area contributed by atoms with Crippen molar-refractivity contribution in [2.45, 2.75) is 25.0 Å². The van der Waals surface area contributed by atoms with E-state index in [1.165, 1.54) is 25.3 Å². The SMILES string of the molecule is COc1cc(-c2noc(C3CC(F)(F)CN3)n2)ccc1OC(F)F.Cl. The van der Waals surface area contributed by atoms with E-state index in [1.807, 2.05) is 0 Å². The highest BCUT2D eigenvalue weighted by Crippen LogP contribution is 2.35. The lowest BCUT2D eigenvalue weighted by Crippen LogP contribution is -2.19. The van der Waals surface area contributed by atoms with Crippen LogP contribution >= 0.6 is 12.4 Å². The number of aromatic nitrogens is 2. The molecule has 0 radical (unpaired) electrons. The zero-order valence-corrected chi connectivity index (χ0v) is 13.7. The largest absolute Gasteiger partial charge is 0.493 e. The Bertz CT molecular complexity index is 729. The predicted molar refractivity (Wildman–Crippen MR) is 80.5 cm³/mol. The van der Waals surface area contributed by atoms with Crippen LogP contribution in [0.5, 0.6) is 11.5 Å². The molecule has 1 aromatic heterocycles. The molecule has 1 aromatic carbocycles. The van der Waals surface area contributed by atoms with Gasteiger partial charge in [0, 0.05) is 12.0 Å². The van der Waals surface area contributed by atoms with Gasteiger partial charge in [0.05, 0.1) is 19.7 Å². The minimum atomic E-state index is -2.99. The van der Waals surface area contributed by atoms with E-state index in [-0.39, 0.29) is 35.6 Å². The molecule has 1 unspecified atom stereocenters. The number of nitrogens with one attached hydrogen (secondary N) is 1. The number of rotatable bonds is 5. The molecular weight excluding hydrogens is 370 g/mol. The van der Waals surface area contributed by atoms with Crippen LogP contribution in [0.25, 0.3) is 11.4 Å². The monoisotopic (exact) mass is 383 g/mol. The molecule has 2 heterocycles. The second-order valence-electron chi connectivity index (χ2n) is 5.19. The minimum absolute atomic E-state index is 0. The van der Waals surface area contributed by atoms with E-state index in [0.717, 1.165) is 0 Å². The fourth-order valence-electron chi connectivity index (χ4n) is 2.38. The first-order valence-electron chi connectivity index (χ1n) is 6.96. The van der Waals surface area contributed by atoms with Crippen LogP contribution in [0.1, 0.15) is 18.4 Å². The maximum Gasteiger partial charge on any atom is 0.387 e. The lowest BCUT2D eigenvalue weighted by molar-refractivity contribution is -0.0512. The van der Waals surface area contributed by atoms with Crippen LogP contribution < -0.4 is 14.8 Å². The maximum atomic E-state index is 13.2. The highest BCUT2D eigenvalue weighted by atomic mass is 35.5. The lowest BCUT2D eigenvalue weighted by Gasteiger charge is -2.10. The van der Waals surface area contributed by atoms with E-state index in [2.05, 4.69) is 20.2 Å². The van der Waals surface area contributed by atoms with Crippen molar-refractivity contribution in [1.29, 1.82) is 0 Å². The summed E-state index contributed by atoms with van der Waals surface area (Å²) in [6.45, 7) is -3.44. The zero-order chi connectivity index (χ0) is 17.3. The molecule has 0 aliphatic carbocycles.